The van der Waals surface area contributed by atoms with E-state index in [1.54, 1.807) is 6.07 Å². The fraction of sp³-hybridized carbons (Fsp3) is 0.500. The van der Waals surface area contributed by atoms with Crippen molar-refractivity contribution in [2.24, 2.45) is 0 Å². The monoisotopic (exact) mass is 247 g/mol. The van der Waals surface area contributed by atoms with Gasteiger partial charge in [-0.2, -0.15) is 5.26 Å². The molecule has 1 atom stereocenters. The highest BCUT2D eigenvalue weighted by atomic mass is 19.1. The number of benzene rings is 1. The molecule has 0 amide bonds. The van der Waals surface area contributed by atoms with Crippen molar-refractivity contribution in [3.8, 4) is 6.07 Å². The Labute approximate surface area is 107 Å². The molecule has 0 saturated carbocycles. The van der Waals surface area contributed by atoms with Crippen molar-refractivity contribution in [1.29, 1.82) is 5.26 Å². The molecule has 0 radical (unpaired) electrons. The SMILES string of the molecule is CC1CN(Cc2cc(F)ccc2C#N)CCN1C. The summed E-state index contributed by atoms with van der Waals surface area (Å²) in [6.07, 6.45) is 0. The molecule has 1 aromatic carbocycles. The van der Waals surface area contributed by atoms with Gasteiger partial charge < -0.3 is 4.90 Å². The first kappa shape index (κ1) is 13.0. The van der Waals surface area contributed by atoms with Crippen molar-refractivity contribution >= 4 is 0 Å². The Kier molecular flexibility index (Phi) is 3.95. The van der Waals surface area contributed by atoms with Gasteiger partial charge in [-0.3, -0.25) is 4.90 Å². The molecule has 0 bridgehead atoms. The molecule has 0 N–H and O–H groups in total. The fourth-order valence-corrected chi connectivity index (χ4v) is 2.31. The average Bonchev–Trinajstić information content (AvgIpc) is 2.34. The fourth-order valence-electron chi connectivity index (χ4n) is 2.31. The van der Waals surface area contributed by atoms with E-state index < -0.39 is 0 Å². The van der Waals surface area contributed by atoms with Gasteiger partial charge >= 0.3 is 0 Å². The molecule has 3 nitrogen and oxygen atoms in total. The molecule has 1 unspecified atom stereocenters. The zero-order valence-corrected chi connectivity index (χ0v) is 10.9. The van der Waals surface area contributed by atoms with E-state index in [-0.39, 0.29) is 5.82 Å². The third-order valence-corrected chi connectivity index (χ3v) is 3.63. The van der Waals surface area contributed by atoms with Crippen molar-refractivity contribution in [3.63, 3.8) is 0 Å². The van der Waals surface area contributed by atoms with Crippen molar-refractivity contribution < 1.29 is 4.39 Å². The number of likely N-dealkylation sites (N-methyl/N-ethyl adjacent to an activating group) is 1. The van der Waals surface area contributed by atoms with Crippen LogP contribution >= 0.6 is 0 Å². The van der Waals surface area contributed by atoms with Gasteiger partial charge in [0.2, 0.25) is 0 Å². The van der Waals surface area contributed by atoms with Crippen molar-refractivity contribution in [3.05, 3.63) is 35.1 Å². The van der Waals surface area contributed by atoms with Crippen LogP contribution in [0.3, 0.4) is 0 Å². The summed E-state index contributed by atoms with van der Waals surface area (Å²) in [5.74, 6) is -0.272. The molecule has 0 spiro atoms. The van der Waals surface area contributed by atoms with Gasteiger partial charge in [0.15, 0.2) is 0 Å². The summed E-state index contributed by atoms with van der Waals surface area (Å²) in [5.41, 5.74) is 1.36. The van der Waals surface area contributed by atoms with Crippen LogP contribution in [-0.2, 0) is 6.54 Å². The van der Waals surface area contributed by atoms with Crippen LogP contribution in [0.1, 0.15) is 18.1 Å². The second-order valence-corrected chi connectivity index (χ2v) is 4.98. The molecule has 1 aromatic rings. The predicted molar refractivity (Wildman–Crippen MR) is 68.5 cm³/mol. The minimum atomic E-state index is -0.272. The smallest absolute Gasteiger partial charge is 0.123 e. The lowest BCUT2D eigenvalue weighted by Gasteiger charge is -2.37. The van der Waals surface area contributed by atoms with Gasteiger partial charge in [0.25, 0.3) is 0 Å². The van der Waals surface area contributed by atoms with Gasteiger partial charge in [-0.1, -0.05) is 0 Å². The van der Waals surface area contributed by atoms with Gasteiger partial charge in [-0.15, -0.1) is 0 Å². The highest BCUT2D eigenvalue weighted by Crippen LogP contribution is 2.16. The Morgan fingerprint density at radius 1 is 1.44 bits per heavy atom. The zero-order valence-electron chi connectivity index (χ0n) is 10.9. The maximum Gasteiger partial charge on any atom is 0.123 e. The number of hydrogen-bond acceptors (Lipinski definition) is 3. The van der Waals surface area contributed by atoms with Gasteiger partial charge in [-0.25, -0.2) is 4.39 Å². The first-order valence-corrected chi connectivity index (χ1v) is 6.21. The van der Waals surface area contributed by atoms with Crippen molar-refractivity contribution in [2.45, 2.75) is 19.5 Å². The quantitative estimate of drug-likeness (QED) is 0.798. The molecule has 0 aliphatic carbocycles. The van der Waals surface area contributed by atoms with Crippen LogP contribution in [-0.4, -0.2) is 42.5 Å². The van der Waals surface area contributed by atoms with E-state index in [1.165, 1.54) is 12.1 Å². The second kappa shape index (κ2) is 5.47. The normalized spacial score (nSPS) is 21.8. The number of nitrogens with zero attached hydrogens (tertiary/aromatic N) is 3. The van der Waals surface area contributed by atoms with E-state index in [0.29, 0.717) is 18.2 Å². The molecule has 96 valence electrons. The molecular weight excluding hydrogens is 229 g/mol. The van der Waals surface area contributed by atoms with Crippen molar-refractivity contribution in [2.75, 3.05) is 26.7 Å². The second-order valence-electron chi connectivity index (χ2n) is 4.98. The molecule has 1 heterocycles. The topological polar surface area (TPSA) is 30.3 Å². The molecule has 1 aliphatic rings. The van der Waals surface area contributed by atoms with E-state index in [0.717, 1.165) is 25.2 Å². The number of hydrogen-bond donors (Lipinski definition) is 0. The van der Waals surface area contributed by atoms with Crippen LogP contribution < -0.4 is 0 Å². The minimum absolute atomic E-state index is 0.272. The van der Waals surface area contributed by atoms with Crippen LogP contribution in [0.15, 0.2) is 18.2 Å². The summed E-state index contributed by atoms with van der Waals surface area (Å²) in [6.45, 7) is 5.76. The number of rotatable bonds is 2. The van der Waals surface area contributed by atoms with Gasteiger partial charge in [0, 0.05) is 32.2 Å². The minimum Gasteiger partial charge on any atom is -0.301 e. The highest BCUT2D eigenvalue weighted by molar-refractivity contribution is 5.37. The van der Waals surface area contributed by atoms with E-state index >= 15 is 0 Å². The summed E-state index contributed by atoms with van der Waals surface area (Å²) in [4.78, 5) is 4.59. The lowest BCUT2D eigenvalue weighted by atomic mass is 10.1. The molecule has 1 saturated heterocycles. The maximum absolute atomic E-state index is 13.2. The van der Waals surface area contributed by atoms with E-state index in [4.69, 9.17) is 5.26 Å². The lowest BCUT2D eigenvalue weighted by molar-refractivity contribution is 0.0999. The van der Waals surface area contributed by atoms with Gasteiger partial charge in [-0.05, 0) is 37.7 Å². The summed E-state index contributed by atoms with van der Waals surface area (Å²) in [6, 6.07) is 7.00. The first-order chi connectivity index (χ1) is 8.60. The lowest BCUT2D eigenvalue weighted by Crippen LogP contribution is -2.49. The van der Waals surface area contributed by atoms with E-state index in [1.807, 2.05) is 0 Å². The molecule has 18 heavy (non-hydrogen) atoms. The van der Waals surface area contributed by atoms with E-state index in [2.05, 4.69) is 29.8 Å². The third-order valence-electron chi connectivity index (χ3n) is 3.63. The summed E-state index contributed by atoms with van der Waals surface area (Å²) in [7, 11) is 2.12. The Bertz CT molecular complexity index is 467. The van der Waals surface area contributed by atoms with Crippen LogP contribution in [0.5, 0.6) is 0 Å². The molecule has 0 aromatic heterocycles. The van der Waals surface area contributed by atoms with Crippen LogP contribution in [0, 0.1) is 17.1 Å². The Morgan fingerprint density at radius 2 is 2.22 bits per heavy atom. The largest absolute Gasteiger partial charge is 0.301 e. The molecule has 2 rings (SSSR count). The van der Waals surface area contributed by atoms with Crippen LogP contribution in [0.4, 0.5) is 4.39 Å². The number of piperazine rings is 1. The first-order valence-electron chi connectivity index (χ1n) is 6.21. The summed E-state index contributed by atoms with van der Waals surface area (Å²) >= 11 is 0. The van der Waals surface area contributed by atoms with Crippen LogP contribution in [0.2, 0.25) is 0 Å². The van der Waals surface area contributed by atoms with Gasteiger partial charge in [0.1, 0.15) is 5.82 Å². The predicted octanol–water partition coefficient (Wildman–Crippen LogP) is 1.83. The highest BCUT2D eigenvalue weighted by Gasteiger charge is 2.21. The zero-order chi connectivity index (χ0) is 13.1. The molecular formula is C14H18FN3. The molecule has 1 aliphatic heterocycles. The summed E-state index contributed by atoms with van der Waals surface area (Å²) in [5, 5.41) is 9.03. The van der Waals surface area contributed by atoms with Crippen LogP contribution in [0.25, 0.3) is 0 Å². The number of halogens is 1. The van der Waals surface area contributed by atoms with E-state index in [9.17, 15) is 4.39 Å². The maximum atomic E-state index is 13.2. The van der Waals surface area contributed by atoms with Gasteiger partial charge in [0.05, 0.1) is 11.6 Å². The number of nitriles is 1. The Hall–Kier alpha value is -1.44. The third kappa shape index (κ3) is 2.87. The van der Waals surface area contributed by atoms with Crippen molar-refractivity contribution in [1.82, 2.24) is 9.80 Å². The molecule has 1 fully saturated rings. The molecule has 4 heteroatoms. The Balaban J connectivity index is 2.10. The standard InChI is InChI=1S/C14H18FN3/c1-11-9-18(6-5-17(11)2)10-13-7-14(15)4-3-12(13)8-16/h3-4,7,11H,5-6,9-10H2,1-2H3. The average molecular weight is 247 g/mol. The summed E-state index contributed by atoms with van der Waals surface area (Å²) < 4.78 is 13.2. The Morgan fingerprint density at radius 3 is 2.89 bits per heavy atom.